The van der Waals surface area contributed by atoms with Crippen molar-refractivity contribution in [2.24, 2.45) is 0 Å². The van der Waals surface area contributed by atoms with Gasteiger partial charge in [0.2, 0.25) is 0 Å². The molecule has 0 amide bonds. The molecule has 0 aliphatic rings. The van der Waals surface area contributed by atoms with Gasteiger partial charge in [-0.05, 0) is 19.9 Å². The van der Waals surface area contributed by atoms with Gasteiger partial charge in [0.15, 0.2) is 0 Å². The highest BCUT2D eigenvalue weighted by molar-refractivity contribution is 4.89. The standard InChI is InChI=1S/C6H11O2/c1-5(2)3-6(8)4-7/h6-8H,4H2,1-2H3. The van der Waals surface area contributed by atoms with Gasteiger partial charge >= 0.3 is 0 Å². The fraction of sp³-hybridized carbons (Fsp3) is 0.667. The van der Waals surface area contributed by atoms with Crippen LogP contribution < -0.4 is 0 Å². The van der Waals surface area contributed by atoms with Crippen LogP contribution in [0.3, 0.4) is 0 Å². The molecule has 2 heteroatoms. The minimum Gasteiger partial charge on any atom is -0.393 e. The van der Waals surface area contributed by atoms with Crippen molar-refractivity contribution >= 4 is 0 Å². The quantitative estimate of drug-likeness (QED) is 0.536. The molecule has 1 unspecified atom stereocenters. The number of aliphatic hydroxyl groups is 2. The number of allylic oxidation sites excluding steroid dienone is 1. The summed E-state index contributed by atoms with van der Waals surface area (Å²) in [5.41, 5.74) is 0.895. The van der Waals surface area contributed by atoms with E-state index in [1.807, 2.05) is 13.8 Å². The van der Waals surface area contributed by atoms with E-state index in [-0.39, 0.29) is 6.61 Å². The lowest BCUT2D eigenvalue weighted by Gasteiger charge is -1.97. The lowest BCUT2D eigenvalue weighted by atomic mass is 10.2. The Morgan fingerprint density at radius 3 is 2.25 bits per heavy atom. The lowest BCUT2D eigenvalue weighted by molar-refractivity contribution is 0.125. The number of rotatable bonds is 2. The number of hydrogen-bond acceptors (Lipinski definition) is 2. The third-order valence-corrected chi connectivity index (χ3v) is 0.628. The largest absolute Gasteiger partial charge is 0.393 e. The maximum atomic E-state index is 8.65. The van der Waals surface area contributed by atoms with Crippen LogP contribution in [0, 0.1) is 6.08 Å². The van der Waals surface area contributed by atoms with Crippen LogP contribution in [0.25, 0.3) is 0 Å². The molecule has 0 saturated heterocycles. The van der Waals surface area contributed by atoms with Gasteiger partial charge in [0.1, 0.15) is 6.10 Å². The first-order valence-corrected chi connectivity index (χ1v) is 2.52. The van der Waals surface area contributed by atoms with E-state index < -0.39 is 6.10 Å². The van der Waals surface area contributed by atoms with Crippen LogP contribution in [0.15, 0.2) is 5.57 Å². The van der Waals surface area contributed by atoms with E-state index >= 15 is 0 Å². The molecular formula is C6H11O2. The van der Waals surface area contributed by atoms with Gasteiger partial charge in [-0.15, -0.1) is 0 Å². The third-order valence-electron chi connectivity index (χ3n) is 0.628. The zero-order chi connectivity index (χ0) is 6.57. The zero-order valence-electron chi connectivity index (χ0n) is 5.18. The molecule has 0 aromatic rings. The van der Waals surface area contributed by atoms with Crippen LogP contribution in [0.2, 0.25) is 0 Å². The molecule has 0 saturated carbocycles. The lowest BCUT2D eigenvalue weighted by Crippen LogP contribution is -2.08. The maximum Gasteiger partial charge on any atom is 0.102 e. The van der Waals surface area contributed by atoms with Crippen molar-refractivity contribution in [2.75, 3.05) is 6.61 Å². The Morgan fingerprint density at radius 1 is 1.62 bits per heavy atom. The monoisotopic (exact) mass is 115 g/mol. The summed E-state index contributed by atoms with van der Waals surface area (Å²) in [6, 6.07) is 0. The Bertz CT molecular complexity index is 82.5. The van der Waals surface area contributed by atoms with E-state index in [9.17, 15) is 0 Å². The summed E-state index contributed by atoms with van der Waals surface area (Å²) < 4.78 is 0. The Kier molecular flexibility index (Phi) is 3.48. The Labute approximate surface area is 49.5 Å². The van der Waals surface area contributed by atoms with Crippen molar-refractivity contribution in [3.8, 4) is 0 Å². The first-order chi connectivity index (χ1) is 3.66. The van der Waals surface area contributed by atoms with E-state index in [1.54, 1.807) is 0 Å². The fourth-order valence-corrected chi connectivity index (χ4v) is 0.379. The van der Waals surface area contributed by atoms with Crippen LogP contribution in [0.4, 0.5) is 0 Å². The molecule has 0 aromatic carbocycles. The van der Waals surface area contributed by atoms with E-state index in [4.69, 9.17) is 10.2 Å². The molecule has 0 spiro atoms. The Balaban J connectivity index is 3.51. The summed E-state index contributed by atoms with van der Waals surface area (Å²) in [5.74, 6) is 0. The van der Waals surface area contributed by atoms with Gasteiger partial charge in [-0.2, -0.15) is 0 Å². The first-order valence-electron chi connectivity index (χ1n) is 2.52. The molecule has 47 valence electrons. The third kappa shape index (κ3) is 3.84. The van der Waals surface area contributed by atoms with E-state index in [2.05, 4.69) is 6.08 Å². The second kappa shape index (κ2) is 3.64. The molecule has 2 N–H and O–H groups in total. The van der Waals surface area contributed by atoms with Gasteiger partial charge in [0.25, 0.3) is 0 Å². The van der Waals surface area contributed by atoms with Gasteiger partial charge in [-0.1, -0.05) is 5.57 Å². The zero-order valence-corrected chi connectivity index (χ0v) is 5.18. The molecule has 1 atom stereocenters. The van der Waals surface area contributed by atoms with Crippen molar-refractivity contribution in [3.05, 3.63) is 11.6 Å². The van der Waals surface area contributed by atoms with Crippen LogP contribution in [0.5, 0.6) is 0 Å². The molecular weight excluding hydrogens is 104 g/mol. The van der Waals surface area contributed by atoms with Crippen LogP contribution in [-0.4, -0.2) is 22.9 Å². The second-order valence-electron chi connectivity index (χ2n) is 1.84. The summed E-state index contributed by atoms with van der Waals surface area (Å²) in [6.07, 6.45) is 1.81. The van der Waals surface area contributed by atoms with Gasteiger partial charge < -0.3 is 10.2 Å². The van der Waals surface area contributed by atoms with Crippen LogP contribution in [-0.2, 0) is 0 Å². The molecule has 0 aromatic heterocycles. The summed E-state index contributed by atoms with van der Waals surface area (Å²) in [7, 11) is 0. The minimum absolute atomic E-state index is 0.245. The summed E-state index contributed by atoms with van der Waals surface area (Å²) in [6.45, 7) is 3.39. The average Bonchev–Trinajstić information content (AvgIpc) is 1.65. The van der Waals surface area contributed by atoms with Gasteiger partial charge in [-0.3, -0.25) is 0 Å². The summed E-state index contributed by atoms with van der Waals surface area (Å²) >= 11 is 0. The highest BCUT2D eigenvalue weighted by Gasteiger charge is 1.93. The normalized spacial score (nSPS) is 13.0. The summed E-state index contributed by atoms with van der Waals surface area (Å²) in [4.78, 5) is 0. The van der Waals surface area contributed by atoms with E-state index in [0.29, 0.717) is 0 Å². The van der Waals surface area contributed by atoms with Gasteiger partial charge in [0, 0.05) is 0 Å². The molecule has 2 nitrogen and oxygen atoms in total. The molecule has 0 rings (SSSR count). The Morgan fingerprint density at radius 2 is 2.12 bits per heavy atom. The molecule has 0 aliphatic heterocycles. The van der Waals surface area contributed by atoms with Crippen LogP contribution in [0.1, 0.15) is 13.8 Å². The minimum atomic E-state index is -0.806. The molecule has 0 aliphatic carbocycles. The molecule has 0 heterocycles. The van der Waals surface area contributed by atoms with E-state index in [0.717, 1.165) is 5.57 Å². The Hall–Kier alpha value is -0.340. The number of aliphatic hydroxyl groups excluding tert-OH is 2. The van der Waals surface area contributed by atoms with Crippen molar-refractivity contribution in [2.45, 2.75) is 20.0 Å². The molecule has 1 radical (unpaired) electrons. The van der Waals surface area contributed by atoms with Crippen LogP contribution >= 0.6 is 0 Å². The van der Waals surface area contributed by atoms with Gasteiger partial charge in [-0.25, -0.2) is 0 Å². The summed E-state index contributed by atoms with van der Waals surface area (Å²) in [5, 5.41) is 16.9. The van der Waals surface area contributed by atoms with E-state index in [1.165, 1.54) is 0 Å². The number of hydrogen-bond donors (Lipinski definition) is 2. The van der Waals surface area contributed by atoms with Crippen molar-refractivity contribution in [1.82, 2.24) is 0 Å². The second-order valence-corrected chi connectivity index (χ2v) is 1.84. The molecule has 0 bridgehead atoms. The van der Waals surface area contributed by atoms with Crippen molar-refractivity contribution < 1.29 is 10.2 Å². The highest BCUT2D eigenvalue weighted by atomic mass is 16.3. The van der Waals surface area contributed by atoms with Crippen molar-refractivity contribution in [3.63, 3.8) is 0 Å². The maximum absolute atomic E-state index is 8.65. The topological polar surface area (TPSA) is 40.5 Å². The fourth-order valence-electron chi connectivity index (χ4n) is 0.379. The SMILES string of the molecule is CC(C)=[C]C(O)CO. The first kappa shape index (κ1) is 7.66. The molecule has 0 fully saturated rings. The smallest absolute Gasteiger partial charge is 0.102 e. The predicted octanol–water partition coefficient (Wildman–Crippen LogP) is 0.109. The predicted molar refractivity (Wildman–Crippen MR) is 31.2 cm³/mol. The average molecular weight is 115 g/mol. The molecule has 8 heavy (non-hydrogen) atoms. The van der Waals surface area contributed by atoms with Gasteiger partial charge in [0.05, 0.1) is 6.61 Å². The van der Waals surface area contributed by atoms with Crippen molar-refractivity contribution in [1.29, 1.82) is 0 Å². The highest BCUT2D eigenvalue weighted by Crippen LogP contribution is 1.90.